The summed E-state index contributed by atoms with van der Waals surface area (Å²) in [7, 11) is 0. The summed E-state index contributed by atoms with van der Waals surface area (Å²) >= 11 is 2.92. The molecule has 1 aromatic rings. The zero-order chi connectivity index (χ0) is 13.3. The maximum atomic E-state index is 13.6. The van der Waals surface area contributed by atoms with Crippen molar-refractivity contribution in [1.82, 2.24) is 4.90 Å². The quantitative estimate of drug-likeness (QED) is 0.807. The normalized spacial score (nSPS) is 20.0. The number of hydrogen-bond donors (Lipinski definition) is 1. The van der Waals surface area contributed by atoms with Gasteiger partial charge in [-0.05, 0) is 34.8 Å². The van der Waals surface area contributed by atoms with E-state index in [-0.39, 0.29) is 16.6 Å². The Labute approximate surface area is 112 Å². The SMILES string of the molecule is O=C(c1cc(Br)c(F)cc1F)N1CCCC(O)C1. The number of carbonyl (C=O) groups is 1. The van der Waals surface area contributed by atoms with Crippen LogP contribution in [0.1, 0.15) is 23.2 Å². The minimum Gasteiger partial charge on any atom is -0.391 e. The van der Waals surface area contributed by atoms with Gasteiger partial charge >= 0.3 is 0 Å². The predicted molar refractivity (Wildman–Crippen MR) is 65.2 cm³/mol. The second kappa shape index (κ2) is 5.32. The maximum Gasteiger partial charge on any atom is 0.256 e. The smallest absolute Gasteiger partial charge is 0.256 e. The number of benzene rings is 1. The molecule has 0 bridgehead atoms. The van der Waals surface area contributed by atoms with Crippen molar-refractivity contribution in [3.63, 3.8) is 0 Å². The van der Waals surface area contributed by atoms with Gasteiger partial charge in [0.05, 0.1) is 16.1 Å². The van der Waals surface area contributed by atoms with Crippen LogP contribution < -0.4 is 0 Å². The highest BCUT2D eigenvalue weighted by Gasteiger charge is 2.25. The fraction of sp³-hybridized carbons (Fsp3) is 0.417. The van der Waals surface area contributed by atoms with Gasteiger partial charge in [0, 0.05) is 19.2 Å². The standard InChI is InChI=1S/C12H12BrF2NO2/c13-9-4-8(10(14)5-11(9)15)12(18)16-3-1-2-7(17)6-16/h4-5,7,17H,1-3,6H2. The van der Waals surface area contributed by atoms with Gasteiger partial charge in [-0.3, -0.25) is 4.79 Å². The fourth-order valence-electron chi connectivity index (χ4n) is 2.00. The summed E-state index contributed by atoms with van der Waals surface area (Å²) in [5, 5.41) is 9.49. The third-order valence-corrected chi connectivity index (χ3v) is 3.53. The van der Waals surface area contributed by atoms with E-state index in [1.165, 1.54) is 4.90 Å². The predicted octanol–water partition coefficient (Wildman–Crippen LogP) is 2.32. The molecule has 1 saturated heterocycles. The van der Waals surface area contributed by atoms with Gasteiger partial charge in [-0.2, -0.15) is 0 Å². The number of nitrogens with zero attached hydrogens (tertiary/aromatic N) is 1. The van der Waals surface area contributed by atoms with Crippen LogP contribution in [0, 0.1) is 11.6 Å². The van der Waals surface area contributed by atoms with Crippen molar-refractivity contribution >= 4 is 21.8 Å². The number of amides is 1. The lowest BCUT2D eigenvalue weighted by Crippen LogP contribution is -2.42. The molecule has 1 heterocycles. The topological polar surface area (TPSA) is 40.5 Å². The van der Waals surface area contributed by atoms with Crippen LogP contribution in [0.5, 0.6) is 0 Å². The van der Waals surface area contributed by atoms with E-state index in [1.54, 1.807) is 0 Å². The van der Waals surface area contributed by atoms with Gasteiger partial charge in [-0.25, -0.2) is 8.78 Å². The van der Waals surface area contributed by atoms with E-state index in [4.69, 9.17) is 0 Å². The van der Waals surface area contributed by atoms with E-state index >= 15 is 0 Å². The van der Waals surface area contributed by atoms with E-state index in [1.807, 2.05) is 0 Å². The number of piperidine rings is 1. The Morgan fingerprint density at radius 1 is 1.39 bits per heavy atom. The first-order chi connectivity index (χ1) is 8.49. The van der Waals surface area contributed by atoms with Crippen LogP contribution in [0.25, 0.3) is 0 Å². The molecule has 1 atom stereocenters. The van der Waals surface area contributed by atoms with Gasteiger partial charge in [-0.15, -0.1) is 0 Å². The first-order valence-electron chi connectivity index (χ1n) is 5.61. The van der Waals surface area contributed by atoms with E-state index in [9.17, 15) is 18.7 Å². The number of rotatable bonds is 1. The Hall–Kier alpha value is -1.01. The molecule has 0 aromatic heterocycles. The molecule has 6 heteroatoms. The zero-order valence-electron chi connectivity index (χ0n) is 9.50. The number of aliphatic hydroxyl groups is 1. The number of hydrogen-bond acceptors (Lipinski definition) is 2. The van der Waals surface area contributed by atoms with Crippen LogP contribution in [0.3, 0.4) is 0 Å². The summed E-state index contributed by atoms with van der Waals surface area (Å²) in [4.78, 5) is 13.4. The Balaban J connectivity index is 2.25. The summed E-state index contributed by atoms with van der Waals surface area (Å²) < 4.78 is 26.7. The second-order valence-electron chi connectivity index (χ2n) is 4.29. The molecular weight excluding hydrogens is 308 g/mol. The van der Waals surface area contributed by atoms with Crippen molar-refractivity contribution in [2.75, 3.05) is 13.1 Å². The zero-order valence-corrected chi connectivity index (χ0v) is 11.1. The van der Waals surface area contributed by atoms with Gasteiger partial charge in [0.25, 0.3) is 5.91 Å². The van der Waals surface area contributed by atoms with E-state index in [0.717, 1.165) is 6.07 Å². The highest BCUT2D eigenvalue weighted by Crippen LogP contribution is 2.22. The third-order valence-electron chi connectivity index (χ3n) is 2.92. The number of carbonyl (C=O) groups excluding carboxylic acids is 1. The summed E-state index contributed by atoms with van der Waals surface area (Å²) in [5.41, 5.74) is -0.183. The first kappa shape index (κ1) is 13.4. The highest BCUT2D eigenvalue weighted by atomic mass is 79.9. The number of aliphatic hydroxyl groups excluding tert-OH is 1. The molecule has 1 aliphatic heterocycles. The van der Waals surface area contributed by atoms with Crippen LogP contribution in [-0.2, 0) is 0 Å². The van der Waals surface area contributed by atoms with Crippen molar-refractivity contribution in [3.8, 4) is 0 Å². The Kier molecular flexibility index (Phi) is 3.97. The molecule has 98 valence electrons. The van der Waals surface area contributed by atoms with Gasteiger partial charge in [0.15, 0.2) is 0 Å². The molecule has 0 saturated carbocycles. The molecule has 2 rings (SSSR count). The molecular formula is C12H12BrF2NO2. The van der Waals surface area contributed by atoms with Crippen molar-refractivity contribution < 1.29 is 18.7 Å². The highest BCUT2D eigenvalue weighted by molar-refractivity contribution is 9.10. The van der Waals surface area contributed by atoms with Crippen LogP contribution in [0.2, 0.25) is 0 Å². The molecule has 0 aliphatic carbocycles. The summed E-state index contributed by atoms with van der Waals surface area (Å²) in [6.07, 6.45) is 0.741. The first-order valence-corrected chi connectivity index (χ1v) is 6.40. The minimum absolute atomic E-state index is 0.0461. The van der Waals surface area contributed by atoms with Gasteiger partial charge < -0.3 is 10.0 Å². The Morgan fingerprint density at radius 2 is 2.11 bits per heavy atom. The van der Waals surface area contributed by atoms with Gasteiger partial charge in [-0.1, -0.05) is 0 Å². The second-order valence-corrected chi connectivity index (χ2v) is 5.15. The molecule has 0 spiro atoms. The lowest BCUT2D eigenvalue weighted by atomic mass is 10.1. The van der Waals surface area contributed by atoms with Crippen molar-refractivity contribution in [3.05, 3.63) is 33.8 Å². The molecule has 1 amide bonds. The van der Waals surface area contributed by atoms with Crippen LogP contribution in [0.15, 0.2) is 16.6 Å². The lowest BCUT2D eigenvalue weighted by Gasteiger charge is -2.30. The Morgan fingerprint density at radius 3 is 2.78 bits per heavy atom. The van der Waals surface area contributed by atoms with Crippen molar-refractivity contribution in [2.24, 2.45) is 0 Å². The van der Waals surface area contributed by atoms with Gasteiger partial charge in [0.2, 0.25) is 0 Å². The molecule has 1 fully saturated rings. The van der Waals surface area contributed by atoms with E-state index in [0.29, 0.717) is 25.5 Å². The minimum atomic E-state index is -0.888. The summed E-state index contributed by atoms with van der Waals surface area (Å²) in [6.45, 7) is 0.664. The average molecular weight is 320 g/mol. The molecule has 0 radical (unpaired) electrons. The van der Waals surface area contributed by atoms with Crippen LogP contribution in [-0.4, -0.2) is 35.1 Å². The Bertz CT molecular complexity index is 481. The van der Waals surface area contributed by atoms with Crippen LogP contribution in [0.4, 0.5) is 8.78 Å². The summed E-state index contributed by atoms with van der Waals surface area (Å²) in [6, 6.07) is 1.81. The molecule has 1 unspecified atom stereocenters. The summed E-state index contributed by atoms with van der Waals surface area (Å²) in [5.74, 6) is -2.16. The van der Waals surface area contributed by atoms with Gasteiger partial charge in [0.1, 0.15) is 11.6 Å². The molecule has 3 nitrogen and oxygen atoms in total. The van der Waals surface area contributed by atoms with E-state index < -0.39 is 23.6 Å². The maximum absolute atomic E-state index is 13.6. The number of β-amino-alcohol motifs (C(OH)–C–C–N with tert-alkyl or cyclic N) is 1. The molecule has 1 aliphatic rings. The fourth-order valence-corrected chi connectivity index (χ4v) is 2.34. The number of likely N-dealkylation sites (tertiary alicyclic amines) is 1. The van der Waals surface area contributed by atoms with E-state index in [2.05, 4.69) is 15.9 Å². The largest absolute Gasteiger partial charge is 0.391 e. The molecule has 1 aromatic carbocycles. The molecule has 18 heavy (non-hydrogen) atoms. The third kappa shape index (κ3) is 2.70. The van der Waals surface area contributed by atoms with Crippen molar-refractivity contribution in [2.45, 2.75) is 18.9 Å². The average Bonchev–Trinajstić information content (AvgIpc) is 2.33. The molecule has 1 N–H and O–H groups in total. The number of halogens is 3. The van der Waals surface area contributed by atoms with Crippen molar-refractivity contribution in [1.29, 1.82) is 0 Å². The van der Waals surface area contributed by atoms with Crippen LogP contribution >= 0.6 is 15.9 Å². The lowest BCUT2D eigenvalue weighted by molar-refractivity contribution is 0.0469. The monoisotopic (exact) mass is 319 g/mol.